The highest BCUT2D eigenvalue weighted by Gasteiger charge is 2.65. The van der Waals surface area contributed by atoms with Crippen molar-refractivity contribution in [3.05, 3.63) is 30.9 Å². The minimum Gasteiger partial charge on any atom is -0.384 e. The molecule has 0 spiro atoms. The zero-order chi connectivity index (χ0) is 13.7. The lowest BCUT2D eigenvalue weighted by Crippen LogP contribution is -2.34. The quantitative estimate of drug-likeness (QED) is 0.910. The molecular formula is C12H11F3N4. The molecule has 2 aromatic heterocycles. The number of pyridine rings is 1. The lowest BCUT2D eigenvalue weighted by atomic mass is 10.2. The Kier molecular flexibility index (Phi) is 2.35. The molecule has 100 valence electrons. The predicted molar refractivity (Wildman–Crippen MR) is 63.1 cm³/mol. The summed E-state index contributed by atoms with van der Waals surface area (Å²) >= 11 is 0. The molecule has 0 unspecified atom stereocenters. The zero-order valence-corrected chi connectivity index (χ0v) is 9.85. The zero-order valence-electron chi connectivity index (χ0n) is 9.85. The molecular weight excluding hydrogens is 257 g/mol. The molecule has 0 aromatic carbocycles. The fourth-order valence-corrected chi connectivity index (χ4v) is 2.19. The fraction of sp³-hybridized carbons (Fsp3) is 0.333. The summed E-state index contributed by atoms with van der Waals surface area (Å²) in [5.41, 5.74) is 4.64. The SMILES string of the molecule is Nc1ccc(-c2cncn2C2(C(F)(F)F)CC2)cn1. The van der Waals surface area contributed by atoms with Crippen LogP contribution >= 0.6 is 0 Å². The van der Waals surface area contributed by atoms with E-state index < -0.39 is 11.7 Å². The Hall–Kier alpha value is -2.05. The normalized spacial score (nSPS) is 17.4. The first-order chi connectivity index (χ1) is 8.94. The summed E-state index contributed by atoms with van der Waals surface area (Å²) < 4.78 is 40.6. The van der Waals surface area contributed by atoms with E-state index in [0.29, 0.717) is 17.1 Å². The Morgan fingerprint density at radius 2 is 1.95 bits per heavy atom. The molecule has 1 fully saturated rings. The molecule has 0 bridgehead atoms. The highest BCUT2D eigenvalue weighted by atomic mass is 19.4. The van der Waals surface area contributed by atoms with Crippen molar-refractivity contribution >= 4 is 5.82 Å². The Balaban J connectivity index is 2.07. The van der Waals surface area contributed by atoms with Crippen molar-refractivity contribution in [3.8, 4) is 11.3 Å². The van der Waals surface area contributed by atoms with Crippen molar-refractivity contribution in [2.24, 2.45) is 0 Å². The average molecular weight is 268 g/mol. The van der Waals surface area contributed by atoms with Gasteiger partial charge in [0.25, 0.3) is 0 Å². The Labute approximate surface area is 107 Å². The van der Waals surface area contributed by atoms with Crippen LogP contribution in [-0.2, 0) is 5.54 Å². The third-order valence-electron chi connectivity index (χ3n) is 3.43. The summed E-state index contributed by atoms with van der Waals surface area (Å²) in [7, 11) is 0. The molecule has 19 heavy (non-hydrogen) atoms. The van der Waals surface area contributed by atoms with E-state index in [1.54, 1.807) is 12.1 Å². The second-order valence-corrected chi connectivity index (χ2v) is 4.65. The number of nitrogens with two attached hydrogens (primary N) is 1. The minimum absolute atomic E-state index is 0.0856. The van der Waals surface area contributed by atoms with Gasteiger partial charge in [0.15, 0.2) is 0 Å². The van der Waals surface area contributed by atoms with E-state index in [4.69, 9.17) is 5.73 Å². The first-order valence-corrected chi connectivity index (χ1v) is 5.75. The highest BCUT2D eigenvalue weighted by molar-refractivity contribution is 5.60. The first kappa shape index (κ1) is 12.0. The van der Waals surface area contributed by atoms with Gasteiger partial charge in [0.05, 0.1) is 18.2 Å². The molecule has 2 N–H and O–H groups in total. The van der Waals surface area contributed by atoms with Crippen LogP contribution in [0.4, 0.5) is 19.0 Å². The predicted octanol–water partition coefficient (Wildman–Crippen LogP) is 2.58. The van der Waals surface area contributed by atoms with Gasteiger partial charge in [-0.3, -0.25) is 0 Å². The topological polar surface area (TPSA) is 56.7 Å². The van der Waals surface area contributed by atoms with Crippen molar-refractivity contribution in [2.75, 3.05) is 5.73 Å². The van der Waals surface area contributed by atoms with Crippen molar-refractivity contribution < 1.29 is 13.2 Å². The third kappa shape index (κ3) is 1.76. The van der Waals surface area contributed by atoms with Crippen LogP contribution in [0.2, 0.25) is 0 Å². The van der Waals surface area contributed by atoms with Gasteiger partial charge in [0.2, 0.25) is 0 Å². The van der Waals surface area contributed by atoms with E-state index >= 15 is 0 Å². The van der Waals surface area contributed by atoms with Gasteiger partial charge >= 0.3 is 6.18 Å². The molecule has 3 rings (SSSR count). The molecule has 1 aliphatic carbocycles. The summed E-state index contributed by atoms with van der Waals surface area (Å²) in [6.45, 7) is 0. The second-order valence-electron chi connectivity index (χ2n) is 4.65. The fourth-order valence-electron chi connectivity index (χ4n) is 2.19. The number of nitrogens with zero attached hydrogens (tertiary/aromatic N) is 3. The Morgan fingerprint density at radius 3 is 2.47 bits per heavy atom. The molecule has 7 heteroatoms. The molecule has 0 atom stereocenters. The molecule has 0 saturated heterocycles. The van der Waals surface area contributed by atoms with E-state index in [-0.39, 0.29) is 12.8 Å². The first-order valence-electron chi connectivity index (χ1n) is 5.75. The van der Waals surface area contributed by atoms with Gasteiger partial charge in [0, 0.05) is 11.8 Å². The molecule has 2 heterocycles. The number of alkyl halides is 3. The summed E-state index contributed by atoms with van der Waals surface area (Å²) in [6.07, 6.45) is -0.00525. The van der Waals surface area contributed by atoms with Gasteiger partial charge in [-0.2, -0.15) is 13.2 Å². The summed E-state index contributed by atoms with van der Waals surface area (Å²) in [5, 5.41) is 0. The number of halogens is 3. The van der Waals surface area contributed by atoms with Crippen LogP contribution in [0, 0.1) is 0 Å². The number of hydrogen-bond donors (Lipinski definition) is 1. The smallest absolute Gasteiger partial charge is 0.384 e. The largest absolute Gasteiger partial charge is 0.411 e. The van der Waals surface area contributed by atoms with Gasteiger partial charge in [-0.15, -0.1) is 0 Å². The molecule has 1 saturated carbocycles. The van der Waals surface area contributed by atoms with Crippen LogP contribution in [0.1, 0.15) is 12.8 Å². The van der Waals surface area contributed by atoms with E-state index in [1.165, 1.54) is 23.3 Å². The van der Waals surface area contributed by atoms with Crippen LogP contribution in [0.5, 0.6) is 0 Å². The van der Waals surface area contributed by atoms with Crippen LogP contribution < -0.4 is 5.73 Å². The van der Waals surface area contributed by atoms with Gasteiger partial charge in [-0.05, 0) is 25.0 Å². The molecule has 2 aromatic rings. The van der Waals surface area contributed by atoms with Gasteiger partial charge in [0.1, 0.15) is 11.4 Å². The number of rotatable bonds is 2. The summed E-state index contributed by atoms with van der Waals surface area (Å²) in [6, 6.07) is 3.20. The standard InChI is InChI=1S/C12H11F3N4/c13-12(14,15)11(3-4-11)19-7-17-6-9(19)8-1-2-10(16)18-5-8/h1-2,5-7H,3-4H2,(H2,16,18). The second kappa shape index (κ2) is 3.72. The van der Waals surface area contributed by atoms with Crippen molar-refractivity contribution in [3.63, 3.8) is 0 Å². The third-order valence-corrected chi connectivity index (χ3v) is 3.43. The maximum atomic E-state index is 13.1. The maximum Gasteiger partial charge on any atom is 0.411 e. The van der Waals surface area contributed by atoms with E-state index in [0.717, 1.165) is 0 Å². The van der Waals surface area contributed by atoms with Crippen molar-refractivity contribution in [1.82, 2.24) is 14.5 Å². The average Bonchev–Trinajstić information content (AvgIpc) is 3.03. The van der Waals surface area contributed by atoms with E-state index in [9.17, 15) is 13.2 Å². The highest BCUT2D eigenvalue weighted by Crippen LogP contribution is 2.56. The van der Waals surface area contributed by atoms with Crippen LogP contribution in [0.3, 0.4) is 0 Å². The Morgan fingerprint density at radius 1 is 1.21 bits per heavy atom. The van der Waals surface area contributed by atoms with Crippen LogP contribution in [-0.4, -0.2) is 20.7 Å². The number of nitrogen functional groups attached to an aromatic ring is 1. The minimum atomic E-state index is -4.27. The molecule has 0 radical (unpaired) electrons. The number of imidazole rings is 1. The Bertz CT molecular complexity index is 596. The van der Waals surface area contributed by atoms with E-state index in [2.05, 4.69) is 9.97 Å². The lowest BCUT2D eigenvalue weighted by Gasteiger charge is -2.23. The van der Waals surface area contributed by atoms with Crippen LogP contribution in [0.15, 0.2) is 30.9 Å². The monoisotopic (exact) mass is 268 g/mol. The number of aromatic nitrogens is 3. The van der Waals surface area contributed by atoms with Crippen LogP contribution in [0.25, 0.3) is 11.3 Å². The summed E-state index contributed by atoms with van der Waals surface area (Å²) in [5.74, 6) is 0.326. The van der Waals surface area contributed by atoms with Gasteiger partial charge in [-0.1, -0.05) is 0 Å². The summed E-state index contributed by atoms with van der Waals surface area (Å²) in [4.78, 5) is 7.74. The van der Waals surface area contributed by atoms with Gasteiger partial charge < -0.3 is 10.3 Å². The van der Waals surface area contributed by atoms with Gasteiger partial charge in [-0.25, -0.2) is 9.97 Å². The lowest BCUT2D eigenvalue weighted by molar-refractivity contribution is -0.179. The van der Waals surface area contributed by atoms with Crippen molar-refractivity contribution in [2.45, 2.75) is 24.6 Å². The molecule has 4 nitrogen and oxygen atoms in total. The molecule has 1 aliphatic rings. The molecule has 0 amide bonds. The van der Waals surface area contributed by atoms with E-state index in [1.807, 2.05) is 0 Å². The number of anilines is 1. The molecule has 0 aliphatic heterocycles. The number of hydrogen-bond acceptors (Lipinski definition) is 3. The maximum absolute atomic E-state index is 13.1. The van der Waals surface area contributed by atoms with Crippen molar-refractivity contribution in [1.29, 1.82) is 0 Å².